The number of aliphatic carboxylic acids is 1. The van der Waals surface area contributed by atoms with Crippen LogP contribution in [0.1, 0.15) is 28.9 Å². The third-order valence-electron chi connectivity index (χ3n) is 3.87. The summed E-state index contributed by atoms with van der Waals surface area (Å²) in [7, 11) is 0. The van der Waals surface area contributed by atoms with Crippen LogP contribution in [0.4, 0.5) is 4.79 Å². The second-order valence-electron chi connectivity index (χ2n) is 5.97. The number of imide groups is 1. The molecular formula is C21H20INO7. The monoisotopic (exact) mass is 525 g/mol. The predicted molar refractivity (Wildman–Crippen MR) is 116 cm³/mol. The van der Waals surface area contributed by atoms with Crippen LogP contribution in [0.2, 0.25) is 0 Å². The SMILES string of the molecule is CCO[C@@H](/C=C/C(=O)O)[C@@H](OC(=O)NC(=O)c1ccccc1)c1cc(I)ccc1O. The molecule has 0 saturated carbocycles. The average molecular weight is 525 g/mol. The van der Waals surface area contributed by atoms with Crippen LogP contribution in [-0.2, 0) is 14.3 Å². The van der Waals surface area contributed by atoms with Crippen molar-refractivity contribution >= 4 is 40.6 Å². The second kappa shape index (κ2) is 11.3. The summed E-state index contributed by atoms with van der Waals surface area (Å²) in [5, 5.41) is 21.4. The number of aromatic hydroxyl groups is 1. The van der Waals surface area contributed by atoms with E-state index in [0.717, 1.165) is 9.65 Å². The van der Waals surface area contributed by atoms with E-state index in [4.69, 9.17) is 14.6 Å². The van der Waals surface area contributed by atoms with Gasteiger partial charge < -0.3 is 19.7 Å². The number of amides is 2. The molecule has 9 heteroatoms. The number of hydrogen-bond donors (Lipinski definition) is 3. The Kier molecular flexibility index (Phi) is 8.81. The summed E-state index contributed by atoms with van der Waals surface area (Å²) in [6.45, 7) is 1.87. The standard InChI is InChI=1S/C21H20INO7/c1-2-29-17(10-11-18(25)26)19(15-12-14(22)8-9-16(15)24)30-21(28)23-20(27)13-6-4-3-5-7-13/h3-12,17,19,24H,2H2,1H3,(H,25,26)(H,23,27,28)/b11-10+/t17-,19-/m0/s1. The molecule has 2 aromatic carbocycles. The molecule has 2 rings (SSSR count). The number of carboxylic acid groups (broad SMARTS) is 1. The maximum atomic E-state index is 12.4. The van der Waals surface area contributed by atoms with E-state index in [1.807, 2.05) is 22.6 Å². The first kappa shape index (κ1) is 23.4. The Balaban J connectivity index is 2.32. The van der Waals surface area contributed by atoms with Crippen molar-refractivity contribution in [2.45, 2.75) is 19.1 Å². The van der Waals surface area contributed by atoms with Gasteiger partial charge in [-0.15, -0.1) is 0 Å². The summed E-state index contributed by atoms with van der Waals surface area (Å²) in [6.07, 6.45) is -1.23. The highest BCUT2D eigenvalue weighted by atomic mass is 127. The lowest BCUT2D eigenvalue weighted by Gasteiger charge is -2.25. The highest BCUT2D eigenvalue weighted by Crippen LogP contribution is 2.33. The van der Waals surface area contributed by atoms with Gasteiger partial charge in [0.25, 0.3) is 5.91 Å². The number of halogens is 1. The van der Waals surface area contributed by atoms with Gasteiger partial charge in [-0.1, -0.05) is 18.2 Å². The van der Waals surface area contributed by atoms with E-state index in [0.29, 0.717) is 0 Å². The molecule has 0 aliphatic heterocycles. The predicted octanol–water partition coefficient (Wildman–Crippen LogP) is 3.65. The molecule has 2 atom stereocenters. The van der Waals surface area contributed by atoms with Crippen molar-refractivity contribution in [3.8, 4) is 5.75 Å². The molecule has 158 valence electrons. The Bertz CT molecular complexity index is 930. The molecule has 0 fully saturated rings. The maximum absolute atomic E-state index is 12.4. The molecule has 0 radical (unpaired) electrons. The second-order valence-corrected chi connectivity index (χ2v) is 7.21. The molecular weight excluding hydrogens is 505 g/mol. The molecule has 0 saturated heterocycles. The van der Waals surface area contributed by atoms with Crippen LogP contribution < -0.4 is 5.32 Å². The van der Waals surface area contributed by atoms with Crippen LogP contribution in [0.5, 0.6) is 5.75 Å². The summed E-state index contributed by atoms with van der Waals surface area (Å²) < 4.78 is 11.7. The quantitative estimate of drug-likeness (QED) is 0.355. The van der Waals surface area contributed by atoms with Crippen LogP contribution >= 0.6 is 22.6 Å². The number of nitrogens with one attached hydrogen (secondary N) is 1. The molecule has 2 amide bonds. The summed E-state index contributed by atoms with van der Waals surface area (Å²) in [6, 6.07) is 12.7. The molecule has 0 aliphatic carbocycles. The molecule has 3 N–H and O–H groups in total. The van der Waals surface area contributed by atoms with Gasteiger partial charge in [0.05, 0.1) is 0 Å². The summed E-state index contributed by atoms with van der Waals surface area (Å²) in [5.74, 6) is -2.05. The minimum absolute atomic E-state index is 0.170. The van der Waals surface area contributed by atoms with E-state index in [9.17, 15) is 19.5 Å². The molecule has 2 aromatic rings. The average Bonchev–Trinajstić information content (AvgIpc) is 2.72. The number of phenols is 1. The van der Waals surface area contributed by atoms with Crippen LogP contribution in [-0.4, -0.2) is 40.9 Å². The molecule has 0 spiro atoms. The maximum Gasteiger partial charge on any atom is 0.414 e. The van der Waals surface area contributed by atoms with Crippen molar-refractivity contribution in [2.75, 3.05) is 6.61 Å². The molecule has 30 heavy (non-hydrogen) atoms. The Morgan fingerprint density at radius 3 is 2.50 bits per heavy atom. The van der Waals surface area contributed by atoms with Crippen LogP contribution in [0, 0.1) is 3.57 Å². The number of alkyl carbamates (subject to hydrolysis) is 1. The highest BCUT2D eigenvalue weighted by molar-refractivity contribution is 14.1. The smallest absolute Gasteiger partial charge is 0.414 e. The molecule has 0 unspecified atom stereocenters. The fourth-order valence-electron chi connectivity index (χ4n) is 2.57. The number of rotatable bonds is 8. The summed E-state index contributed by atoms with van der Waals surface area (Å²) in [5.41, 5.74) is 0.466. The first-order valence-electron chi connectivity index (χ1n) is 8.90. The van der Waals surface area contributed by atoms with Gasteiger partial charge in [-0.25, -0.2) is 9.59 Å². The van der Waals surface area contributed by atoms with Crippen LogP contribution in [0.15, 0.2) is 60.7 Å². The Hall–Kier alpha value is -2.92. The number of carbonyl (C=O) groups is 3. The van der Waals surface area contributed by atoms with Crippen LogP contribution in [0.3, 0.4) is 0 Å². The lowest BCUT2D eigenvalue weighted by molar-refractivity contribution is -0.131. The van der Waals surface area contributed by atoms with E-state index >= 15 is 0 Å². The number of ether oxygens (including phenoxy) is 2. The highest BCUT2D eigenvalue weighted by Gasteiger charge is 2.29. The fraction of sp³-hybridized carbons (Fsp3) is 0.190. The topological polar surface area (TPSA) is 122 Å². The van der Waals surface area contributed by atoms with Crippen molar-refractivity contribution in [3.63, 3.8) is 0 Å². The summed E-state index contributed by atoms with van der Waals surface area (Å²) in [4.78, 5) is 35.6. The van der Waals surface area contributed by atoms with Crippen molar-refractivity contribution < 1.29 is 34.1 Å². The molecule has 0 aromatic heterocycles. The first-order valence-corrected chi connectivity index (χ1v) is 9.97. The van der Waals surface area contributed by atoms with Gasteiger partial charge in [-0.2, -0.15) is 0 Å². The van der Waals surface area contributed by atoms with Gasteiger partial charge in [-0.3, -0.25) is 10.1 Å². The fourth-order valence-corrected chi connectivity index (χ4v) is 3.09. The third-order valence-corrected chi connectivity index (χ3v) is 4.54. The van der Waals surface area contributed by atoms with Crippen molar-refractivity contribution in [2.24, 2.45) is 0 Å². The van der Waals surface area contributed by atoms with E-state index in [1.165, 1.54) is 24.3 Å². The van der Waals surface area contributed by atoms with E-state index < -0.39 is 30.2 Å². The van der Waals surface area contributed by atoms with Gasteiger partial charge >= 0.3 is 12.1 Å². The molecule has 0 bridgehead atoms. The molecule has 8 nitrogen and oxygen atoms in total. The van der Waals surface area contributed by atoms with E-state index in [1.54, 1.807) is 37.3 Å². The van der Waals surface area contributed by atoms with Gasteiger partial charge in [0.1, 0.15) is 11.9 Å². The molecule has 0 heterocycles. The minimum atomic E-state index is -1.21. The van der Waals surface area contributed by atoms with Crippen molar-refractivity contribution in [1.29, 1.82) is 0 Å². The zero-order valence-corrected chi connectivity index (χ0v) is 18.1. The summed E-state index contributed by atoms with van der Waals surface area (Å²) >= 11 is 2.02. The van der Waals surface area contributed by atoms with Crippen molar-refractivity contribution in [1.82, 2.24) is 5.32 Å². The van der Waals surface area contributed by atoms with Crippen LogP contribution in [0.25, 0.3) is 0 Å². The van der Waals surface area contributed by atoms with Crippen molar-refractivity contribution in [3.05, 3.63) is 75.4 Å². The van der Waals surface area contributed by atoms with Gasteiger partial charge in [0, 0.05) is 27.4 Å². The number of carboxylic acids is 1. The number of carbonyl (C=O) groups excluding carboxylic acids is 2. The normalized spacial score (nSPS) is 12.9. The van der Waals surface area contributed by atoms with E-state index in [2.05, 4.69) is 5.32 Å². The zero-order valence-electron chi connectivity index (χ0n) is 15.9. The third kappa shape index (κ3) is 6.85. The zero-order chi connectivity index (χ0) is 22.1. The first-order chi connectivity index (χ1) is 14.3. The Labute approximate surface area is 186 Å². The molecule has 0 aliphatic rings. The number of benzene rings is 2. The largest absolute Gasteiger partial charge is 0.508 e. The lowest BCUT2D eigenvalue weighted by atomic mass is 10.0. The van der Waals surface area contributed by atoms with Gasteiger partial charge in [-0.05, 0) is 65.9 Å². The van der Waals surface area contributed by atoms with E-state index in [-0.39, 0.29) is 23.5 Å². The Morgan fingerprint density at radius 1 is 1.17 bits per heavy atom. The number of hydrogen-bond acceptors (Lipinski definition) is 6. The van der Waals surface area contributed by atoms with Gasteiger partial charge in [0.15, 0.2) is 6.10 Å². The minimum Gasteiger partial charge on any atom is -0.508 e. The Morgan fingerprint density at radius 2 is 1.87 bits per heavy atom. The lowest BCUT2D eigenvalue weighted by Crippen LogP contribution is -2.35. The number of phenolic OH excluding ortho intramolecular Hbond substituents is 1. The van der Waals surface area contributed by atoms with Gasteiger partial charge in [0.2, 0.25) is 0 Å².